The molecule has 1 rings (SSSR count). The zero-order chi connectivity index (χ0) is 13.1. The minimum absolute atomic E-state index is 0.201. The van der Waals surface area contributed by atoms with Crippen LogP contribution in [0.4, 0.5) is 24.5 Å². The van der Waals surface area contributed by atoms with E-state index in [4.69, 9.17) is 4.74 Å². The highest BCUT2D eigenvalue weighted by Crippen LogP contribution is 2.29. The predicted molar refractivity (Wildman–Crippen MR) is 54.2 cm³/mol. The van der Waals surface area contributed by atoms with Crippen molar-refractivity contribution in [3.8, 4) is 5.75 Å². The number of anilines is 1. The fourth-order valence-corrected chi connectivity index (χ4v) is 1.13. The molecule has 0 atom stereocenters. The molecule has 0 aromatic heterocycles. The van der Waals surface area contributed by atoms with E-state index in [0.717, 1.165) is 6.07 Å². The van der Waals surface area contributed by atoms with Gasteiger partial charge < -0.3 is 10.1 Å². The molecule has 17 heavy (non-hydrogen) atoms. The molecule has 0 heterocycles. The summed E-state index contributed by atoms with van der Waals surface area (Å²) in [5.41, 5.74) is -0.665. The number of rotatable bonds is 4. The first-order valence-electron chi connectivity index (χ1n) is 4.46. The average molecular weight is 250 g/mol. The van der Waals surface area contributed by atoms with E-state index in [9.17, 15) is 23.3 Å². The molecular formula is C9H9F3N2O3. The van der Waals surface area contributed by atoms with Gasteiger partial charge in [0.15, 0.2) is 0 Å². The minimum atomic E-state index is -4.44. The van der Waals surface area contributed by atoms with E-state index in [0.29, 0.717) is 0 Å². The molecule has 0 fully saturated rings. The number of nitrogens with one attached hydrogen (secondary N) is 1. The molecule has 0 aliphatic heterocycles. The van der Waals surface area contributed by atoms with Crippen LogP contribution in [0.3, 0.4) is 0 Å². The Morgan fingerprint density at radius 3 is 2.59 bits per heavy atom. The highest BCUT2D eigenvalue weighted by molar-refractivity contribution is 5.63. The number of hydrogen-bond acceptors (Lipinski definition) is 4. The number of hydrogen-bond donors (Lipinski definition) is 1. The monoisotopic (exact) mass is 250 g/mol. The second-order valence-corrected chi connectivity index (χ2v) is 3.11. The van der Waals surface area contributed by atoms with Crippen LogP contribution >= 0.6 is 0 Å². The quantitative estimate of drug-likeness (QED) is 0.658. The molecule has 0 bridgehead atoms. The number of nitro groups is 1. The van der Waals surface area contributed by atoms with Crippen molar-refractivity contribution in [3.63, 3.8) is 0 Å². The molecule has 0 unspecified atom stereocenters. The van der Waals surface area contributed by atoms with Gasteiger partial charge in [-0.1, -0.05) is 0 Å². The summed E-state index contributed by atoms with van der Waals surface area (Å²) in [4.78, 5) is 9.87. The van der Waals surface area contributed by atoms with Crippen LogP contribution in [0.25, 0.3) is 0 Å². The van der Waals surface area contributed by atoms with Crippen LogP contribution in [-0.2, 0) is 0 Å². The summed E-state index contributed by atoms with van der Waals surface area (Å²) < 4.78 is 40.6. The molecule has 1 aromatic carbocycles. The molecule has 0 saturated heterocycles. The molecule has 0 aliphatic rings. The van der Waals surface area contributed by atoms with Crippen molar-refractivity contribution in [1.82, 2.24) is 0 Å². The van der Waals surface area contributed by atoms with E-state index in [1.807, 2.05) is 5.32 Å². The van der Waals surface area contributed by atoms with Crippen molar-refractivity contribution in [1.29, 1.82) is 0 Å². The Morgan fingerprint density at radius 1 is 1.47 bits per heavy atom. The summed E-state index contributed by atoms with van der Waals surface area (Å²) >= 11 is 0. The third-order valence-electron chi connectivity index (χ3n) is 1.88. The third-order valence-corrected chi connectivity index (χ3v) is 1.88. The fourth-order valence-electron chi connectivity index (χ4n) is 1.13. The maximum absolute atomic E-state index is 12.0. The van der Waals surface area contributed by atoms with Gasteiger partial charge >= 0.3 is 6.18 Å². The molecule has 8 heteroatoms. The maximum atomic E-state index is 12.0. The van der Waals surface area contributed by atoms with Crippen LogP contribution < -0.4 is 10.1 Å². The Morgan fingerprint density at radius 2 is 2.12 bits per heavy atom. The average Bonchev–Trinajstić information content (AvgIpc) is 2.25. The van der Waals surface area contributed by atoms with E-state index in [1.54, 1.807) is 0 Å². The van der Waals surface area contributed by atoms with Crippen LogP contribution in [-0.4, -0.2) is 24.8 Å². The molecule has 1 aromatic rings. The first kappa shape index (κ1) is 13.1. The second-order valence-electron chi connectivity index (χ2n) is 3.11. The number of nitro benzene ring substituents is 1. The van der Waals surface area contributed by atoms with E-state index in [2.05, 4.69) is 0 Å². The van der Waals surface area contributed by atoms with Gasteiger partial charge in [-0.25, -0.2) is 0 Å². The van der Waals surface area contributed by atoms with Crippen LogP contribution in [0, 0.1) is 10.1 Å². The van der Waals surface area contributed by atoms with Gasteiger partial charge in [-0.15, -0.1) is 0 Å². The fraction of sp³-hybridized carbons (Fsp3) is 0.333. The highest BCUT2D eigenvalue weighted by Gasteiger charge is 2.28. The summed E-state index contributed by atoms with van der Waals surface area (Å²) in [5, 5.41) is 12.6. The number of nitrogens with zero attached hydrogens (tertiary/aromatic N) is 1. The number of methoxy groups -OCH3 is 1. The molecule has 94 valence electrons. The third kappa shape index (κ3) is 3.82. The molecular weight excluding hydrogens is 241 g/mol. The van der Waals surface area contributed by atoms with Crippen LogP contribution in [0.1, 0.15) is 0 Å². The van der Waals surface area contributed by atoms with E-state index >= 15 is 0 Å². The zero-order valence-electron chi connectivity index (χ0n) is 8.75. The van der Waals surface area contributed by atoms with Crippen LogP contribution in [0.5, 0.6) is 5.75 Å². The van der Waals surface area contributed by atoms with Gasteiger partial charge in [0.05, 0.1) is 18.1 Å². The summed E-state index contributed by atoms with van der Waals surface area (Å²) in [6.07, 6.45) is -4.44. The van der Waals surface area contributed by atoms with E-state index in [-0.39, 0.29) is 11.4 Å². The first-order valence-corrected chi connectivity index (χ1v) is 4.46. The van der Waals surface area contributed by atoms with Crippen molar-refractivity contribution in [2.24, 2.45) is 0 Å². The van der Waals surface area contributed by atoms with Gasteiger partial charge in [-0.3, -0.25) is 10.1 Å². The van der Waals surface area contributed by atoms with Gasteiger partial charge in [0.2, 0.25) is 0 Å². The highest BCUT2D eigenvalue weighted by atomic mass is 19.4. The largest absolute Gasteiger partial charge is 0.496 e. The Hall–Kier alpha value is -1.99. The summed E-state index contributed by atoms with van der Waals surface area (Å²) in [6, 6.07) is 3.56. The summed E-state index contributed by atoms with van der Waals surface area (Å²) in [6.45, 7) is -1.33. The number of benzene rings is 1. The Bertz CT molecular complexity index is 420. The van der Waals surface area contributed by atoms with E-state index < -0.39 is 23.3 Å². The molecule has 0 radical (unpaired) electrons. The van der Waals surface area contributed by atoms with Crippen molar-refractivity contribution in [2.75, 3.05) is 19.0 Å². The zero-order valence-corrected chi connectivity index (χ0v) is 8.75. The topological polar surface area (TPSA) is 64.4 Å². The molecule has 5 nitrogen and oxygen atoms in total. The van der Waals surface area contributed by atoms with Gasteiger partial charge in [0, 0.05) is 0 Å². The molecule has 0 aliphatic carbocycles. The Kier molecular flexibility index (Phi) is 3.77. The van der Waals surface area contributed by atoms with Crippen molar-refractivity contribution in [3.05, 3.63) is 28.3 Å². The molecule has 1 N–H and O–H groups in total. The first-order chi connectivity index (χ1) is 7.83. The molecule has 0 saturated carbocycles. The maximum Gasteiger partial charge on any atom is 0.405 e. The number of alkyl halides is 3. The summed E-state index contributed by atoms with van der Waals surface area (Å²) in [5.74, 6) is 0.203. The Labute approximate surface area is 94.3 Å². The van der Waals surface area contributed by atoms with Crippen molar-refractivity contribution >= 4 is 11.4 Å². The SMILES string of the molecule is COc1ccc(NCC(F)(F)F)c([N+](=O)[O-])c1. The molecule has 0 amide bonds. The van der Waals surface area contributed by atoms with Crippen molar-refractivity contribution < 1.29 is 22.8 Å². The number of halogens is 3. The van der Waals surface area contributed by atoms with Gasteiger partial charge in [-0.05, 0) is 12.1 Å². The predicted octanol–water partition coefficient (Wildman–Crippen LogP) is 2.58. The molecule has 0 spiro atoms. The summed E-state index contributed by atoms with van der Waals surface area (Å²) in [7, 11) is 1.31. The lowest BCUT2D eigenvalue weighted by atomic mass is 10.2. The van der Waals surface area contributed by atoms with Crippen molar-refractivity contribution in [2.45, 2.75) is 6.18 Å². The standard InChI is InChI=1S/C9H9F3N2O3/c1-17-6-2-3-7(8(4-6)14(15)16)13-5-9(10,11)12/h2-4,13H,5H2,1H3. The normalized spacial score (nSPS) is 11.1. The van der Waals surface area contributed by atoms with Gasteiger partial charge in [-0.2, -0.15) is 13.2 Å². The minimum Gasteiger partial charge on any atom is -0.496 e. The lowest BCUT2D eigenvalue weighted by Crippen LogP contribution is -2.21. The Balaban J connectivity index is 2.95. The second kappa shape index (κ2) is 4.89. The van der Waals surface area contributed by atoms with Gasteiger partial charge in [0.25, 0.3) is 5.69 Å². The van der Waals surface area contributed by atoms with Gasteiger partial charge in [0.1, 0.15) is 18.0 Å². The van der Waals surface area contributed by atoms with Crippen LogP contribution in [0.2, 0.25) is 0 Å². The van der Waals surface area contributed by atoms with Crippen LogP contribution in [0.15, 0.2) is 18.2 Å². The number of ether oxygens (including phenoxy) is 1. The lowest BCUT2D eigenvalue weighted by molar-refractivity contribution is -0.384. The van der Waals surface area contributed by atoms with E-state index in [1.165, 1.54) is 19.2 Å². The lowest BCUT2D eigenvalue weighted by Gasteiger charge is -2.10. The smallest absolute Gasteiger partial charge is 0.405 e.